The zero-order valence-electron chi connectivity index (χ0n) is 12.0. The largest absolute Gasteiger partial charge is 0.495 e. The number of rotatable bonds is 5. The molecular formula is C15H20Cl2O3. The van der Waals surface area contributed by atoms with Gasteiger partial charge in [0.25, 0.3) is 0 Å². The number of hydrogen-bond acceptors (Lipinski definition) is 3. The molecule has 2 rings (SSSR count). The van der Waals surface area contributed by atoms with Crippen LogP contribution < -0.4 is 9.47 Å². The van der Waals surface area contributed by atoms with Gasteiger partial charge in [-0.25, -0.2) is 0 Å². The van der Waals surface area contributed by atoms with Crippen LogP contribution in [0.25, 0.3) is 0 Å². The van der Waals surface area contributed by atoms with Crippen molar-refractivity contribution in [2.24, 2.45) is 5.92 Å². The lowest BCUT2D eigenvalue weighted by atomic mass is 9.91. The third-order valence-corrected chi connectivity index (χ3v) is 4.77. The van der Waals surface area contributed by atoms with Gasteiger partial charge in [-0.1, -0.05) is 24.6 Å². The highest BCUT2D eigenvalue weighted by atomic mass is 35.5. The summed E-state index contributed by atoms with van der Waals surface area (Å²) in [6, 6.07) is 3.75. The summed E-state index contributed by atoms with van der Waals surface area (Å²) in [6.07, 6.45) is 2.11. The molecule has 1 heterocycles. The summed E-state index contributed by atoms with van der Waals surface area (Å²) in [4.78, 5) is 0. The van der Waals surface area contributed by atoms with Crippen LogP contribution in [-0.2, 0) is 4.74 Å². The normalized spacial score (nSPS) is 23.6. The van der Waals surface area contributed by atoms with E-state index in [0.29, 0.717) is 16.5 Å². The smallest absolute Gasteiger partial charge is 0.145 e. The predicted octanol–water partition coefficient (Wildman–Crippen LogP) is 4.45. The van der Waals surface area contributed by atoms with Gasteiger partial charge in [0.15, 0.2) is 0 Å². The van der Waals surface area contributed by atoms with E-state index in [4.69, 9.17) is 37.4 Å². The Kier molecular flexibility index (Phi) is 5.42. The molecule has 0 N–H and O–H groups in total. The second-order valence-electron chi connectivity index (χ2n) is 4.88. The molecule has 0 aliphatic carbocycles. The Morgan fingerprint density at radius 2 is 2.10 bits per heavy atom. The van der Waals surface area contributed by atoms with Crippen molar-refractivity contribution in [1.29, 1.82) is 0 Å². The molecule has 1 aliphatic heterocycles. The first-order chi connectivity index (χ1) is 9.63. The molecule has 0 aromatic heterocycles. The summed E-state index contributed by atoms with van der Waals surface area (Å²) < 4.78 is 16.4. The minimum absolute atomic E-state index is 0.180. The first kappa shape index (κ1) is 15.7. The highest BCUT2D eigenvalue weighted by Crippen LogP contribution is 2.46. The Bertz CT molecular complexity index is 465. The van der Waals surface area contributed by atoms with Crippen LogP contribution in [0.1, 0.15) is 30.7 Å². The minimum Gasteiger partial charge on any atom is -0.495 e. The fourth-order valence-electron chi connectivity index (χ4n) is 2.79. The van der Waals surface area contributed by atoms with E-state index in [1.165, 1.54) is 0 Å². The van der Waals surface area contributed by atoms with E-state index in [9.17, 15) is 0 Å². The summed E-state index contributed by atoms with van der Waals surface area (Å²) >= 11 is 13.0. The zero-order valence-corrected chi connectivity index (χ0v) is 13.5. The average molecular weight is 319 g/mol. The maximum atomic E-state index is 6.68. The lowest BCUT2D eigenvalue weighted by molar-refractivity contribution is 0.0863. The third kappa shape index (κ3) is 2.85. The van der Waals surface area contributed by atoms with E-state index in [-0.39, 0.29) is 17.4 Å². The van der Waals surface area contributed by atoms with Gasteiger partial charge in [-0.2, -0.15) is 0 Å². The van der Waals surface area contributed by atoms with E-state index >= 15 is 0 Å². The first-order valence-corrected chi connectivity index (χ1v) is 7.61. The highest BCUT2D eigenvalue weighted by molar-refractivity contribution is 6.34. The molecular weight excluding hydrogens is 299 g/mol. The van der Waals surface area contributed by atoms with E-state index in [1.807, 2.05) is 12.1 Å². The number of methoxy groups -OCH3 is 2. The molecule has 0 radical (unpaired) electrons. The molecule has 3 unspecified atom stereocenters. The molecule has 0 saturated carbocycles. The molecule has 112 valence electrons. The Labute approximate surface area is 130 Å². The van der Waals surface area contributed by atoms with E-state index in [1.54, 1.807) is 14.2 Å². The Morgan fingerprint density at radius 3 is 2.70 bits per heavy atom. The van der Waals surface area contributed by atoms with Crippen LogP contribution in [-0.4, -0.2) is 26.9 Å². The second kappa shape index (κ2) is 6.88. The van der Waals surface area contributed by atoms with Gasteiger partial charge in [0.2, 0.25) is 0 Å². The molecule has 1 fully saturated rings. The third-order valence-electron chi connectivity index (χ3n) is 3.85. The standard InChI is InChI=1S/C15H20Cl2O3/c1-4-11-9(7-8-20-11)13(16)10-5-6-12(18-2)14(17)15(10)19-3/h5-6,9,11,13H,4,7-8H2,1-3H3. The molecule has 1 aliphatic rings. The lowest BCUT2D eigenvalue weighted by Gasteiger charge is -2.24. The fraction of sp³-hybridized carbons (Fsp3) is 0.600. The summed E-state index contributed by atoms with van der Waals surface area (Å²) in [5.74, 6) is 1.46. The van der Waals surface area contributed by atoms with E-state index in [2.05, 4.69) is 6.92 Å². The van der Waals surface area contributed by atoms with Gasteiger partial charge in [-0.15, -0.1) is 11.6 Å². The van der Waals surface area contributed by atoms with Crippen molar-refractivity contribution < 1.29 is 14.2 Å². The van der Waals surface area contributed by atoms with Crippen molar-refractivity contribution in [2.45, 2.75) is 31.2 Å². The quantitative estimate of drug-likeness (QED) is 0.750. The Balaban J connectivity index is 2.34. The average Bonchev–Trinajstić information content (AvgIpc) is 2.94. The summed E-state index contributed by atoms with van der Waals surface area (Å²) in [6.45, 7) is 2.88. The van der Waals surface area contributed by atoms with Crippen LogP contribution >= 0.6 is 23.2 Å². The number of hydrogen-bond donors (Lipinski definition) is 0. The monoisotopic (exact) mass is 318 g/mol. The zero-order chi connectivity index (χ0) is 14.7. The molecule has 0 amide bonds. The molecule has 5 heteroatoms. The summed E-state index contributed by atoms with van der Waals surface area (Å²) in [5, 5.41) is 0.283. The van der Waals surface area contributed by atoms with Crippen molar-refractivity contribution in [1.82, 2.24) is 0 Å². The van der Waals surface area contributed by atoms with Crippen LogP contribution in [0.15, 0.2) is 12.1 Å². The lowest BCUT2D eigenvalue weighted by Crippen LogP contribution is -2.19. The van der Waals surface area contributed by atoms with Gasteiger partial charge >= 0.3 is 0 Å². The number of alkyl halides is 1. The van der Waals surface area contributed by atoms with Crippen LogP contribution in [0, 0.1) is 5.92 Å². The van der Waals surface area contributed by atoms with Crippen molar-refractivity contribution in [2.75, 3.05) is 20.8 Å². The van der Waals surface area contributed by atoms with Crippen LogP contribution in [0.3, 0.4) is 0 Å². The van der Waals surface area contributed by atoms with Gasteiger partial charge in [-0.05, 0) is 18.9 Å². The van der Waals surface area contributed by atoms with Crippen LogP contribution in [0.2, 0.25) is 5.02 Å². The molecule has 1 aromatic carbocycles. The van der Waals surface area contributed by atoms with Gasteiger partial charge in [0.1, 0.15) is 16.5 Å². The number of halogens is 2. The maximum Gasteiger partial charge on any atom is 0.145 e. The first-order valence-electron chi connectivity index (χ1n) is 6.80. The predicted molar refractivity (Wildman–Crippen MR) is 81.3 cm³/mol. The van der Waals surface area contributed by atoms with Crippen molar-refractivity contribution >= 4 is 23.2 Å². The van der Waals surface area contributed by atoms with Crippen LogP contribution in [0.4, 0.5) is 0 Å². The number of ether oxygens (including phenoxy) is 3. The van der Waals surface area contributed by atoms with Gasteiger partial charge < -0.3 is 14.2 Å². The summed E-state index contributed by atoms with van der Waals surface area (Å²) in [5.41, 5.74) is 0.897. The molecule has 0 bridgehead atoms. The van der Waals surface area contributed by atoms with Gasteiger partial charge in [0.05, 0.1) is 25.7 Å². The topological polar surface area (TPSA) is 27.7 Å². The Hall–Kier alpha value is -0.640. The maximum absolute atomic E-state index is 6.68. The van der Waals surface area contributed by atoms with Crippen molar-refractivity contribution in [3.8, 4) is 11.5 Å². The molecule has 1 saturated heterocycles. The number of benzene rings is 1. The van der Waals surface area contributed by atoms with Crippen molar-refractivity contribution in [3.63, 3.8) is 0 Å². The molecule has 0 spiro atoms. The Morgan fingerprint density at radius 1 is 1.35 bits per heavy atom. The van der Waals surface area contributed by atoms with Gasteiger partial charge in [0, 0.05) is 18.1 Å². The summed E-state index contributed by atoms with van der Waals surface area (Å²) in [7, 11) is 3.17. The van der Waals surface area contributed by atoms with E-state index < -0.39 is 0 Å². The fourth-order valence-corrected chi connectivity index (χ4v) is 3.57. The highest BCUT2D eigenvalue weighted by Gasteiger charge is 2.35. The van der Waals surface area contributed by atoms with E-state index in [0.717, 1.165) is 25.0 Å². The second-order valence-corrected chi connectivity index (χ2v) is 5.72. The van der Waals surface area contributed by atoms with Crippen molar-refractivity contribution in [3.05, 3.63) is 22.7 Å². The minimum atomic E-state index is -0.180. The SMILES string of the molecule is CCC1OCCC1C(Cl)c1ccc(OC)c(Cl)c1OC. The molecule has 20 heavy (non-hydrogen) atoms. The molecule has 3 nitrogen and oxygen atoms in total. The molecule has 3 atom stereocenters. The van der Waals surface area contributed by atoms with Crippen LogP contribution in [0.5, 0.6) is 11.5 Å². The molecule has 1 aromatic rings. The van der Waals surface area contributed by atoms with Gasteiger partial charge in [-0.3, -0.25) is 0 Å².